The van der Waals surface area contributed by atoms with E-state index in [1.165, 1.54) is 86.9 Å². The van der Waals surface area contributed by atoms with E-state index in [4.69, 9.17) is 50.5 Å². The fourth-order valence-corrected chi connectivity index (χ4v) is 8.08. The molecule has 0 saturated heterocycles. The molecule has 4 heteroatoms. The summed E-state index contributed by atoms with van der Waals surface area (Å²) >= 11 is 19.0. The molecule has 0 unspecified atom stereocenters. The van der Waals surface area contributed by atoms with E-state index >= 15 is 0 Å². The Morgan fingerprint density at radius 1 is 0.310 bits per heavy atom. The van der Waals surface area contributed by atoms with Gasteiger partial charge < -0.3 is 0 Å². The summed E-state index contributed by atoms with van der Waals surface area (Å²) in [6, 6.07) is 32.1. The van der Waals surface area contributed by atoms with Crippen molar-refractivity contribution in [3.05, 3.63) is 107 Å². The van der Waals surface area contributed by atoms with E-state index in [9.17, 15) is 0 Å². The lowest BCUT2D eigenvalue weighted by molar-refractivity contribution is 1.17. The van der Waals surface area contributed by atoms with E-state index in [0.29, 0.717) is 0 Å². The van der Waals surface area contributed by atoms with Gasteiger partial charge in [-0.1, -0.05) is 48.5 Å². The SMILES string of the molecule is SCCc1c2cc3ccccc3cc2c(CCS)c2cc3c(CCS)c4cc5ccccc5cc4c(CCS)c3cc12. The van der Waals surface area contributed by atoms with Gasteiger partial charge in [-0.05, 0) is 172 Å². The second-order valence-electron chi connectivity index (χ2n) is 11.2. The molecule has 7 rings (SSSR count). The van der Waals surface area contributed by atoms with Crippen molar-refractivity contribution >= 4 is 115 Å². The third kappa shape index (κ3) is 4.66. The molecule has 0 nitrogen and oxygen atoms in total. The van der Waals surface area contributed by atoms with Gasteiger partial charge in [-0.3, -0.25) is 0 Å². The largest absolute Gasteiger partial charge is 0.179 e. The van der Waals surface area contributed by atoms with Crippen molar-refractivity contribution in [3.63, 3.8) is 0 Å². The number of fused-ring (bicyclic) bond motifs is 6. The molecule has 210 valence electrons. The summed E-state index contributed by atoms with van der Waals surface area (Å²) in [5, 5.41) is 16.0. The monoisotopic (exact) mass is 618 g/mol. The van der Waals surface area contributed by atoms with Crippen LogP contribution in [0.4, 0.5) is 0 Å². The standard InChI is InChI=1S/C38H34S4/c39-13-9-27-31-17-23-5-1-2-6-24(23)18-32(31)28(10-14-40)36-22-38-30(12-16-42)34-20-26-8-4-3-7-25(26)19-33(34)29(11-15-41)37(38)21-35(27)36/h1-8,17-22,39-42H,9-16H2. The summed E-state index contributed by atoms with van der Waals surface area (Å²) in [6.45, 7) is 0. The molecule has 0 fully saturated rings. The maximum Gasteiger partial charge on any atom is -0.00569 e. The summed E-state index contributed by atoms with van der Waals surface area (Å²) in [7, 11) is 0. The highest BCUT2D eigenvalue weighted by Gasteiger charge is 2.20. The highest BCUT2D eigenvalue weighted by atomic mass is 32.1. The topological polar surface area (TPSA) is 0 Å². The van der Waals surface area contributed by atoms with Crippen LogP contribution in [0.1, 0.15) is 22.3 Å². The van der Waals surface area contributed by atoms with Gasteiger partial charge in [-0.2, -0.15) is 50.5 Å². The number of rotatable bonds is 8. The summed E-state index contributed by atoms with van der Waals surface area (Å²) in [4.78, 5) is 0. The molecule has 0 heterocycles. The number of hydrogen-bond acceptors (Lipinski definition) is 4. The minimum atomic E-state index is 0.805. The van der Waals surface area contributed by atoms with Gasteiger partial charge in [0.1, 0.15) is 0 Å². The van der Waals surface area contributed by atoms with Gasteiger partial charge in [0.05, 0.1) is 0 Å². The van der Waals surface area contributed by atoms with Crippen LogP contribution in [0.25, 0.3) is 64.6 Å². The predicted molar refractivity (Wildman–Crippen MR) is 202 cm³/mol. The third-order valence-corrected chi connectivity index (χ3v) is 9.87. The van der Waals surface area contributed by atoms with E-state index in [2.05, 4.69) is 84.9 Å². The van der Waals surface area contributed by atoms with Crippen LogP contribution in [-0.2, 0) is 25.7 Å². The zero-order chi connectivity index (χ0) is 28.8. The maximum absolute atomic E-state index is 4.75. The molecule has 0 aliphatic rings. The van der Waals surface area contributed by atoms with E-state index in [1.54, 1.807) is 0 Å². The lowest BCUT2D eigenvalue weighted by atomic mass is 9.83. The number of thiol groups is 4. The van der Waals surface area contributed by atoms with Gasteiger partial charge in [-0.25, -0.2) is 0 Å². The van der Waals surface area contributed by atoms with Gasteiger partial charge in [0.2, 0.25) is 0 Å². The highest BCUT2D eigenvalue weighted by molar-refractivity contribution is 7.80. The molecule has 0 aliphatic heterocycles. The van der Waals surface area contributed by atoms with Crippen LogP contribution in [0.15, 0.2) is 84.9 Å². The third-order valence-electron chi connectivity index (χ3n) is 8.98. The molecule has 0 N–H and O–H groups in total. The first-order valence-electron chi connectivity index (χ1n) is 14.8. The molecular weight excluding hydrogens is 585 g/mol. The molecule has 0 aromatic heterocycles. The van der Waals surface area contributed by atoms with Crippen molar-refractivity contribution in [2.24, 2.45) is 0 Å². The first-order valence-corrected chi connectivity index (χ1v) is 17.3. The van der Waals surface area contributed by atoms with Gasteiger partial charge in [0.25, 0.3) is 0 Å². The number of benzene rings is 7. The Morgan fingerprint density at radius 2 is 0.524 bits per heavy atom. The molecule has 0 radical (unpaired) electrons. The second kappa shape index (κ2) is 11.9. The Kier molecular flexibility index (Phi) is 8.00. The van der Waals surface area contributed by atoms with Crippen LogP contribution in [-0.4, -0.2) is 23.0 Å². The molecule has 0 spiro atoms. The Hall–Kier alpha value is -2.50. The normalized spacial score (nSPS) is 12.1. The van der Waals surface area contributed by atoms with Gasteiger partial charge >= 0.3 is 0 Å². The molecule has 0 saturated carbocycles. The van der Waals surface area contributed by atoms with Crippen LogP contribution in [0.2, 0.25) is 0 Å². The lowest BCUT2D eigenvalue weighted by Gasteiger charge is -2.22. The summed E-state index contributed by atoms with van der Waals surface area (Å²) in [5.41, 5.74) is 5.60. The van der Waals surface area contributed by atoms with Crippen LogP contribution in [0.5, 0.6) is 0 Å². The maximum atomic E-state index is 4.75. The predicted octanol–water partition coefficient (Wildman–Crippen LogP) is 10.5. The van der Waals surface area contributed by atoms with Crippen LogP contribution in [0.3, 0.4) is 0 Å². The number of hydrogen-bond donors (Lipinski definition) is 4. The van der Waals surface area contributed by atoms with E-state index in [0.717, 1.165) is 48.7 Å². The van der Waals surface area contributed by atoms with E-state index in [-0.39, 0.29) is 0 Å². The van der Waals surface area contributed by atoms with Crippen molar-refractivity contribution < 1.29 is 0 Å². The van der Waals surface area contributed by atoms with Crippen molar-refractivity contribution in [2.75, 3.05) is 23.0 Å². The second-order valence-corrected chi connectivity index (χ2v) is 13.0. The molecule has 0 amide bonds. The van der Waals surface area contributed by atoms with Crippen LogP contribution in [0, 0.1) is 0 Å². The highest BCUT2D eigenvalue weighted by Crippen LogP contribution is 2.43. The zero-order valence-corrected chi connectivity index (χ0v) is 27.1. The minimum Gasteiger partial charge on any atom is -0.179 e. The van der Waals surface area contributed by atoms with Crippen LogP contribution < -0.4 is 0 Å². The Morgan fingerprint density at radius 3 is 0.738 bits per heavy atom. The molecule has 7 aromatic rings. The average Bonchev–Trinajstić information content (AvgIpc) is 3.02. The number of aryl methyl sites for hydroxylation is 4. The fraction of sp³-hybridized carbons (Fsp3) is 0.211. The lowest BCUT2D eigenvalue weighted by Crippen LogP contribution is -2.02. The van der Waals surface area contributed by atoms with Crippen molar-refractivity contribution in [1.82, 2.24) is 0 Å². The first kappa shape index (κ1) is 28.3. The Labute approximate surface area is 269 Å². The van der Waals surface area contributed by atoms with Gasteiger partial charge in [0.15, 0.2) is 0 Å². The van der Waals surface area contributed by atoms with E-state index < -0.39 is 0 Å². The van der Waals surface area contributed by atoms with Crippen LogP contribution >= 0.6 is 50.5 Å². The zero-order valence-electron chi connectivity index (χ0n) is 23.5. The molecular formula is C38H34S4. The summed E-state index contributed by atoms with van der Waals surface area (Å²) < 4.78 is 0. The quantitative estimate of drug-likeness (QED) is 0.0945. The first-order chi connectivity index (χ1) is 20.7. The molecule has 0 aliphatic carbocycles. The smallest absolute Gasteiger partial charge is 0.00569 e. The van der Waals surface area contributed by atoms with Crippen molar-refractivity contribution in [2.45, 2.75) is 25.7 Å². The van der Waals surface area contributed by atoms with Gasteiger partial charge in [0, 0.05) is 0 Å². The Balaban J connectivity index is 1.72. The molecule has 7 aromatic carbocycles. The Bertz CT molecular complexity index is 1840. The van der Waals surface area contributed by atoms with Crippen molar-refractivity contribution in [3.8, 4) is 0 Å². The van der Waals surface area contributed by atoms with E-state index in [1.807, 2.05) is 0 Å². The minimum absolute atomic E-state index is 0.805. The fourth-order valence-electron chi connectivity index (χ4n) is 7.18. The summed E-state index contributed by atoms with van der Waals surface area (Å²) in [5.74, 6) is 3.22. The molecule has 42 heavy (non-hydrogen) atoms. The molecule has 0 bridgehead atoms. The molecule has 0 atom stereocenters. The summed E-state index contributed by atoms with van der Waals surface area (Å²) in [6.07, 6.45) is 3.69. The van der Waals surface area contributed by atoms with Gasteiger partial charge in [-0.15, -0.1) is 0 Å². The average molecular weight is 619 g/mol. The van der Waals surface area contributed by atoms with Crippen molar-refractivity contribution in [1.29, 1.82) is 0 Å².